The summed E-state index contributed by atoms with van der Waals surface area (Å²) in [6.07, 6.45) is 5.84. The van der Waals surface area contributed by atoms with Gasteiger partial charge in [0.2, 0.25) is 17.2 Å². The fraction of sp³-hybridized carbons (Fsp3) is 0.800. The zero-order valence-corrected chi connectivity index (χ0v) is 14.2. The second-order valence-electron chi connectivity index (χ2n) is 6.66. The Morgan fingerprint density at radius 1 is 1.24 bits per heavy atom. The Balaban J connectivity index is 2.08. The van der Waals surface area contributed by atoms with Crippen molar-refractivity contribution in [1.82, 2.24) is 15.0 Å². The molecule has 1 aromatic rings. The first-order valence-electron chi connectivity index (χ1n) is 7.79. The van der Waals surface area contributed by atoms with E-state index in [1.807, 2.05) is 0 Å². The summed E-state index contributed by atoms with van der Waals surface area (Å²) in [5.41, 5.74) is 0.460. The molecule has 0 bridgehead atoms. The molecule has 5 nitrogen and oxygen atoms in total. The molecule has 1 N–H and O–H groups in total. The number of nitrogens with one attached hydrogen (secondary N) is 1. The van der Waals surface area contributed by atoms with Gasteiger partial charge in [-0.15, -0.1) is 0 Å². The summed E-state index contributed by atoms with van der Waals surface area (Å²) in [6.45, 7) is 7.62. The molecule has 1 fully saturated rings. The average molecular weight is 312 g/mol. The molecule has 1 aromatic heterocycles. The minimum Gasteiger partial charge on any atom is -0.354 e. The van der Waals surface area contributed by atoms with Crippen molar-refractivity contribution in [2.75, 3.05) is 23.8 Å². The molecule has 1 aliphatic rings. The Bertz CT molecular complexity index is 467. The van der Waals surface area contributed by atoms with Crippen molar-refractivity contribution in [1.29, 1.82) is 0 Å². The van der Waals surface area contributed by atoms with Gasteiger partial charge in [-0.25, -0.2) is 0 Å². The van der Waals surface area contributed by atoms with Gasteiger partial charge in [0.05, 0.1) is 0 Å². The topological polar surface area (TPSA) is 53.9 Å². The van der Waals surface area contributed by atoms with Gasteiger partial charge >= 0.3 is 0 Å². The first kappa shape index (κ1) is 16.3. The largest absolute Gasteiger partial charge is 0.354 e. The van der Waals surface area contributed by atoms with Crippen molar-refractivity contribution in [3.05, 3.63) is 5.28 Å². The van der Waals surface area contributed by atoms with Crippen LogP contribution in [0.1, 0.15) is 52.9 Å². The maximum Gasteiger partial charge on any atom is 0.231 e. The number of aromatic nitrogens is 3. The molecule has 2 rings (SSSR count). The maximum absolute atomic E-state index is 6.03. The Kier molecular flexibility index (Phi) is 5.25. The molecule has 21 heavy (non-hydrogen) atoms. The highest BCUT2D eigenvalue weighted by molar-refractivity contribution is 6.28. The van der Waals surface area contributed by atoms with Gasteiger partial charge in [-0.3, -0.25) is 0 Å². The quantitative estimate of drug-likeness (QED) is 0.897. The molecule has 118 valence electrons. The minimum atomic E-state index is 0.251. The van der Waals surface area contributed by atoms with Gasteiger partial charge in [0.15, 0.2) is 0 Å². The number of hydrogen-bond donors (Lipinski definition) is 1. The summed E-state index contributed by atoms with van der Waals surface area (Å²) in [6, 6.07) is 0.482. The van der Waals surface area contributed by atoms with E-state index in [4.69, 9.17) is 11.6 Å². The lowest BCUT2D eigenvalue weighted by Crippen LogP contribution is -2.38. The molecule has 0 unspecified atom stereocenters. The first-order chi connectivity index (χ1) is 9.91. The van der Waals surface area contributed by atoms with Crippen molar-refractivity contribution in [3.8, 4) is 0 Å². The fourth-order valence-electron chi connectivity index (χ4n) is 2.75. The highest BCUT2D eigenvalue weighted by atomic mass is 35.5. The van der Waals surface area contributed by atoms with E-state index in [-0.39, 0.29) is 5.28 Å². The van der Waals surface area contributed by atoms with Gasteiger partial charge in [0, 0.05) is 19.6 Å². The van der Waals surface area contributed by atoms with E-state index in [0.29, 0.717) is 23.4 Å². The SMILES string of the molecule is CCCNc1nc(Cl)nc(N(C)C2CCC(C)(C)CC2)n1. The highest BCUT2D eigenvalue weighted by Gasteiger charge is 2.30. The second-order valence-corrected chi connectivity index (χ2v) is 7.00. The van der Waals surface area contributed by atoms with Crippen LogP contribution in [-0.2, 0) is 0 Å². The highest BCUT2D eigenvalue weighted by Crippen LogP contribution is 2.37. The zero-order chi connectivity index (χ0) is 15.5. The molecule has 0 aromatic carbocycles. The normalized spacial score (nSPS) is 18.5. The number of halogens is 1. The predicted octanol–water partition coefficient (Wildman–Crippen LogP) is 3.75. The molecule has 1 aliphatic carbocycles. The third-order valence-electron chi connectivity index (χ3n) is 4.30. The van der Waals surface area contributed by atoms with Gasteiger partial charge in [-0.2, -0.15) is 15.0 Å². The van der Waals surface area contributed by atoms with Gasteiger partial charge < -0.3 is 10.2 Å². The van der Waals surface area contributed by atoms with Crippen molar-refractivity contribution in [2.45, 2.75) is 58.9 Å². The second kappa shape index (κ2) is 6.77. The first-order valence-corrected chi connectivity index (χ1v) is 8.17. The summed E-state index contributed by atoms with van der Waals surface area (Å²) in [5.74, 6) is 1.23. The van der Waals surface area contributed by atoms with Crippen LogP contribution in [0.3, 0.4) is 0 Å². The van der Waals surface area contributed by atoms with Crippen LogP contribution in [0.5, 0.6) is 0 Å². The van der Waals surface area contributed by atoms with Crippen LogP contribution in [0.15, 0.2) is 0 Å². The van der Waals surface area contributed by atoms with E-state index in [2.05, 4.69) is 53.0 Å². The Morgan fingerprint density at radius 2 is 1.90 bits per heavy atom. The van der Waals surface area contributed by atoms with Crippen LogP contribution in [0.4, 0.5) is 11.9 Å². The molecule has 1 saturated carbocycles. The smallest absolute Gasteiger partial charge is 0.231 e. The molecule has 0 atom stereocenters. The Hall–Kier alpha value is -1.10. The van der Waals surface area contributed by atoms with Crippen LogP contribution >= 0.6 is 11.6 Å². The Labute approximate surface area is 132 Å². The molecule has 0 spiro atoms. The zero-order valence-electron chi connectivity index (χ0n) is 13.5. The van der Waals surface area contributed by atoms with Gasteiger partial charge in [0.1, 0.15) is 0 Å². The molecule has 1 heterocycles. The van der Waals surface area contributed by atoms with Gasteiger partial charge in [0.25, 0.3) is 0 Å². The molecular weight excluding hydrogens is 286 g/mol. The lowest BCUT2D eigenvalue weighted by molar-refractivity contribution is 0.222. The lowest BCUT2D eigenvalue weighted by Gasteiger charge is -2.38. The van der Waals surface area contributed by atoms with E-state index in [9.17, 15) is 0 Å². The van der Waals surface area contributed by atoms with E-state index < -0.39 is 0 Å². The number of anilines is 2. The van der Waals surface area contributed by atoms with Crippen LogP contribution in [-0.4, -0.2) is 34.6 Å². The van der Waals surface area contributed by atoms with E-state index in [0.717, 1.165) is 13.0 Å². The lowest BCUT2D eigenvalue weighted by atomic mass is 9.75. The van der Waals surface area contributed by atoms with Crippen molar-refractivity contribution < 1.29 is 0 Å². The third-order valence-corrected chi connectivity index (χ3v) is 4.47. The summed E-state index contributed by atoms with van der Waals surface area (Å²) < 4.78 is 0. The average Bonchev–Trinajstić information content (AvgIpc) is 2.44. The summed E-state index contributed by atoms with van der Waals surface area (Å²) >= 11 is 6.03. The van der Waals surface area contributed by atoms with E-state index in [1.54, 1.807) is 0 Å². The summed E-state index contributed by atoms with van der Waals surface area (Å²) in [5, 5.41) is 3.42. The summed E-state index contributed by atoms with van der Waals surface area (Å²) in [4.78, 5) is 15.1. The monoisotopic (exact) mass is 311 g/mol. The van der Waals surface area contributed by atoms with Gasteiger partial charge in [-0.1, -0.05) is 20.8 Å². The molecular formula is C15H26ClN5. The summed E-state index contributed by atoms with van der Waals surface area (Å²) in [7, 11) is 2.05. The number of rotatable bonds is 5. The number of nitrogens with zero attached hydrogens (tertiary/aromatic N) is 4. The third kappa shape index (κ3) is 4.43. The molecule has 0 radical (unpaired) electrons. The van der Waals surface area contributed by atoms with Crippen molar-refractivity contribution in [2.24, 2.45) is 5.41 Å². The molecule has 0 amide bonds. The maximum atomic E-state index is 6.03. The van der Waals surface area contributed by atoms with Gasteiger partial charge in [-0.05, 0) is 49.1 Å². The van der Waals surface area contributed by atoms with Crippen LogP contribution in [0.25, 0.3) is 0 Å². The predicted molar refractivity (Wildman–Crippen MR) is 88.1 cm³/mol. The van der Waals surface area contributed by atoms with Crippen molar-refractivity contribution >= 4 is 23.5 Å². The van der Waals surface area contributed by atoms with Crippen LogP contribution in [0.2, 0.25) is 5.28 Å². The molecule has 0 aliphatic heterocycles. The standard InChI is InChI=1S/C15H26ClN5/c1-5-10-17-13-18-12(16)19-14(20-13)21(4)11-6-8-15(2,3)9-7-11/h11H,5-10H2,1-4H3,(H,17,18,19,20). The van der Waals surface area contributed by atoms with E-state index in [1.165, 1.54) is 25.7 Å². The number of hydrogen-bond acceptors (Lipinski definition) is 5. The van der Waals surface area contributed by atoms with E-state index >= 15 is 0 Å². The van der Waals surface area contributed by atoms with Crippen LogP contribution < -0.4 is 10.2 Å². The fourth-order valence-corrected chi connectivity index (χ4v) is 2.90. The minimum absolute atomic E-state index is 0.251. The molecule has 6 heteroatoms. The molecule has 0 saturated heterocycles. The Morgan fingerprint density at radius 3 is 2.52 bits per heavy atom. The van der Waals surface area contributed by atoms with Crippen LogP contribution in [0, 0.1) is 5.41 Å². The van der Waals surface area contributed by atoms with Crippen molar-refractivity contribution in [3.63, 3.8) is 0 Å².